The van der Waals surface area contributed by atoms with E-state index in [-0.39, 0.29) is 12.0 Å². The number of carboxylic acids is 1. The van der Waals surface area contributed by atoms with E-state index in [1.807, 2.05) is 13.8 Å². The molecule has 0 amide bonds. The molecule has 1 heterocycles. The van der Waals surface area contributed by atoms with E-state index < -0.39 is 5.97 Å². The van der Waals surface area contributed by atoms with Crippen LogP contribution >= 0.6 is 0 Å². The predicted molar refractivity (Wildman–Crippen MR) is 82.4 cm³/mol. The molecule has 0 fully saturated rings. The van der Waals surface area contributed by atoms with Crippen molar-refractivity contribution in [1.82, 2.24) is 10.2 Å². The number of ether oxygens (including phenoxy) is 1. The Balaban J connectivity index is 2.35. The molecule has 1 aromatic rings. The van der Waals surface area contributed by atoms with Gasteiger partial charge in [0, 0.05) is 12.3 Å². The van der Waals surface area contributed by atoms with Gasteiger partial charge in [-0.05, 0) is 45.1 Å². The van der Waals surface area contributed by atoms with Crippen LogP contribution in [0.1, 0.15) is 56.5 Å². The first-order chi connectivity index (χ1) is 9.95. The van der Waals surface area contributed by atoms with Crippen molar-refractivity contribution in [1.29, 1.82) is 0 Å². The first-order valence-corrected chi connectivity index (χ1v) is 7.80. The summed E-state index contributed by atoms with van der Waals surface area (Å²) >= 11 is 0. The van der Waals surface area contributed by atoms with Gasteiger partial charge in [0.25, 0.3) is 0 Å². The van der Waals surface area contributed by atoms with Gasteiger partial charge in [-0.25, -0.2) is 0 Å². The Morgan fingerprint density at radius 2 is 2.14 bits per heavy atom. The van der Waals surface area contributed by atoms with Gasteiger partial charge >= 0.3 is 5.97 Å². The van der Waals surface area contributed by atoms with Crippen LogP contribution in [0.3, 0.4) is 0 Å². The molecule has 0 aliphatic carbocycles. The number of nitrogens with zero attached hydrogens (tertiary/aromatic N) is 1. The van der Waals surface area contributed by atoms with Gasteiger partial charge in [0.1, 0.15) is 0 Å². The van der Waals surface area contributed by atoms with E-state index in [0.717, 1.165) is 37.1 Å². The Morgan fingerprint density at radius 1 is 1.43 bits per heavy atom. The van der Waals surface area contributed by atoms with Crippen molar-refractivity contribution in [2.45, 2.75) is 65.9 Å². The molecule has 5 heteroatoms. The SMILES string of the molecule is CCCC(CC(C)C(=O)O)OCCCc1c(C)n[nH]c1C. The summed E-state index contributed by atoms with van der Waals surface area (Å²) < 4.78 is 5.89. The molecule has 1 aromatic heterocycles. The topological polar surface area (TPSA) is 75.2 Å². The van der Waals surface area contributed by atoms with Gasteiger partial charge in [0.05, 0.1) is 17.7 Å². The Hall–Kier alpha value is -1.36. The predicted octanol–water partition coefficient (Wildman–Crippen LogP) is 3.26. The van der Waals surface area contributed by atoms with Gasteiger partial charge < -0.3 is 9.84 Å². The maximum atomic E-state index is 10.9. The van der Waals surface area contributed by atoms with Crippen molar-refractivity contribution in [3.8, 4) is 0 Å². The number of aryl methyl sites for hydroxylation is 2. The summed E-state index contributed by atoms with van der Waals surface area (Å²) in [6, 6.07) is 0. The molecule has 0 aliphatic rings. The first-order valence-electron chi connectivity index (χ1n) is 7.80. The number of aliphatic carboxylic acids is 1. The minimum atomic E-state index is -0.746. The van der Waals surface area contributed by atoms with Crippen LogP contribution in [0.15, 0.2) is 0 Å². The lowest BCUT2D eigenvalue weighted by Crippen LogP contribution is -2.21. The number of H-pyrrole nitrogens is 1. The average molecular weight is 296 g/mol. The summed E-state index contributed by atoms with van der Waals surface area (Å²) in [5.74, 6) is -1.09. The van der Waals surface area contributed by atoms with Crippen molar-refractivity contribution in [2.24, 2.45) is 5.92 Å². The second-order valence-corrected chi connectivity index (χ2v) is 5.77. The fourth-order valence-corrected chi connectivity index (χ4v) is 2.53. The van der Waals surface area contributed by atoms with Crippen LogP contribution in [0.25, 0.3) is 0 Å². The highest BCUT2D eigenvalue weighted by Gasteiger charge is 2.18. The second-order valence-electron chi connectivity index (χ2n) is 5.77. The van der Waals surface area contributed by atoms with Crippen LogP contribution in [0.5, 0.6) is 0 Å². The van der Waals surface area contributed by atoms with Gasteiger partial charge in [-0.15, -0.1) is 0 Å². The lowest BCUT2D eigenvalue weighted by Gasteiger charge is -2.19. The number of aromatic amines is 1. The van der Waals surface area contributed by atoms with Gasteiger partial charge in [-0.2, -0.15) is 5.10 Å². The third kappa shape index (κ3) is 5.87. The van der Waals surface area contributed by atoms with E-state index in [0.29, 0.717) is 13.0 Å². The molecule has 0 spiro atoms. The van der Waals surface area contributed by atoms with Crippen LogP contribution in [0.2, 0.25) is 0 Å². The molecule has 5 nitrogen and oxygen atoms in total. The largest absolute Gasteiger partial charge is 0.481 e. The molecule has 2 atom stereocenters. The van der Waals surface area contributed by atoms with Gasteiger partial charge in [0.2, 0.25) is 0 Å². The molecule has 0 saturated carbocycles. The number of hydrogen-bond acceptors (Lipinski definition) is 3. The molecule has 2 N–H and O–H groups in total. The van der Waals surface area contributed by atoms with Crippen LogP contribution in [0.4, 0.5) is 0 Å². The maximum absolute atomic E-state index is 10.9. The normalized spacial score (nSPS) is 14.1. The summed E-state index contributed by atoms with van der Waals surface area (Å²) in [6.07, 6.45) is 4.45. The van der Waals surface area contributed by atoms with Crippen LogP contribution in [-0.4, -0.2) is 34.0 Å². The third-order valence-corrected chi connectivity index (χ3v) is 3.85. The molecule has 2 unspecified atom stereocenters. The Morgan fingerprint density at radius 3 is 2.67 bits per heavy atom. The van der Waals surface area contributed by atoms with E-state index in [2.05, 4.69) is 17.1 Å². The lowest BCUT2D eigenvalue weighted by molar-refractivity contribution is -0.142. The zero-order valence-corrected chi connectivity index (χ0v) is 13.6. The van der Waals surface area contributed by atoms with Crippen molar-refractivity contribution in [2.75, 3.05) is 6.61 Å². The Bertz CT molecular complexity index is 423. The Labute approximate surface area is 127 Å². The van der Waals surface area contributed by atoms with E-state index in [4.69, 9.17) is 9.84 Å². The fraction of sp³-hybridized carbons (Fsp3) is 0.750. The first kappa shape index (κ1) is 17.7. The highest BCUT2D eigenvalue weighted by molar-refractivity contribution is 5.69. The van der Waals surface area contributed by atoms with Crippen LogP contribution < -0.4 is 0 Å². The minimum Gasteiger partial charge on any atom is -0.481 e. The second kappa shape index (κ2) is 8.82. The molecule has 0 saturated heterocycles. The molecule has 0 aromatic carbocycles. The van der Waals surface area contributed by atoms with E-state index in [9.17, 15) is 4.79 Å². The monoisotopic (exact) mass is 296 g/mol. The van der Waals surface area contributed by atoms with Gasteiger partial charge in [-0.3, -0.25) is 9.89 Å². The molecule has 120 valence electrons. The van der Waals surface area contributed by atoms with Crippen LogP contribution in [0, 0.1) is 19.8 Å². The van der Waals surface area contributed by atoms with Crippen molar-refractivity contribution in [3.05, 3.63) is 17.0 Å². The molecular formula is C16H28N2O3. The lowest BCUT2D eigenvalue weighted by atomic mass is 10.0. The van der Waals surface area contributed by atoms with Gasteiger partial charge in [-0.1, -0.05) is 20.3 Å². The highest BCUT2D eigenvalue weighted by atomic mass is 16.5. The zero-order valence-electron chi connectivity index (χ0n) is 13.6. The number of rotatable bonds is 10. The molecule has 0 aliphatic heterocycles. The minimum absolute atomic E-state index is 0.0487. The number of nitrogens with one attached hydrogen (secondary N) is 1. The molecule has 0 bridgehead atoms. The number of aromatic nitrogens is 2. The van der Waals surface area contributed by atoms with Gasteiger partial charge in [0.15, 0.2) is 0 Å². The maximum Gasteiger partial charge on any atom is 0.306 e. The zero-order chi connectivity index (χ0) is 15.8. The number of carbonyl (C=O) groups is 1. The quantitative estimate of drug-likeness (QED) is 0.650. The molecular weight excluding hydrogens is 268 g/mol. The van der Waals surface area contributed by atoms with Crippen molar-refractivity contribution in [3.63, 3.8) is 0 Å². The Kier molecular flexibility index (Phi) is 7.43. The summed E-state index contributed by atoms with van der Waals surface area (Å²) in [7, 11) is 0. The standard InChI is InChI=1S/C16H28N2O3/c1-5-7-14(10-11(2)16(19)20)21-9-6-8-15-12(3)17-18-13(15)4/h11,14H,5-10H2,1-4H3,(H,17,18)(H,19,20). The number of carboxylic acid groups (broad SMARTS) is 1. The summed E-state index contributed by atoms with van der Waals surface area (Å²) in [6.45, 7) is 8.55. The molecule has 0 radical (unpaired) electrons. The van der Waals surface area contributed by atoms with E-state index in [1.165, 1.54) is 5.56 Å². The summed E-state index contributed by atoms with van der Waals surface area (Å²) in [5, 5.41) is 16.2. The number of hydrogen-bond donors (Lipinski definition) is 2. The smallest absolute Gasteiger partial charge is 0.306 e. The van der Waals surface area contributed by atoms with Crippen molar-refractivity contribution < 1.29 is 14.6 Å². The average Bonchev–Trinajstić information content (AvgIpc) is 2.74. The molecule has 1 rings (SSSR count). The van der Waals surface area contributed by atoms with Crippen molar-refractivity contribution >= 4 is 5.97 Å². The molecule has 21 heavy (non-hydrogen) atoms. The highest BCUT2D eigenvalue weighted by Crippen LogP contribution is 2.16. The van der Waals surface area contributed by atoms with E-state index >= 15 is 0 Å². The van der Waals surface area contributed by atoms with Crippen LogP contribution in [-0.2, 0) is 16.0 Å². The van der Waals surface area contributed by atoms with E-state index in [1.54, 1.807) is 6.92 Å². The fourth-order valence-electron chi connectivity index (χ4n) is 2.53. The third-order valence-electron chi connectivity index (χ3n) is 3.85. The summed E-state index contributed by atoms with van der Waals surface area (Å²) in [4.78, 5) is 10.9. The summed E-state index contributed by atoms with van der Waals surface area (Å²) in [5.41, 5.74) is 3.44.